The van der Waals surface area contributed by atoms with Crippen LogP contribution < -0.4 is 0 Å². The molecule has 0 heterocycles. The van der Waals surface area contributed by atoms with Crippen molar-refractivity contribution in [2.45, 2.75) is 0 Å². The Bertz CT molecular complexity index is 64.9. The summed E-state index contributed by atoms with van der Waals surface area (Å²) in [4.78, 5) is 0. The topological polar surface area (TPSA) is 149 Å². The maximum Gasteiger partial charge on any atom is 2.00 e. The molecule has 0 saturated carbocycles. The van der Waals surface area contributed by atoms with Gasteiger partial charge in [-0.15, -0.1) is 0 Å². The molecule has 0 aromatic rings. The maximum absolute atomic E-state index is 8.56. The minimum Gasteiger partial charge on any atom is -0.750 e. The smallest absolute Gasteiger partial charge is 0.750 e. The zero-order valence-corrected chi connectivity index (χ0v) is 5.39. The van der Waals surface area contributed by atoms with Crippen LogP contribution in [-0.2, 0) is 28.2 Å². The van der Waals surface area contributed by atoms with Crippen LogP contribution in [0.5, 0.6) is 0 Å². The standard InChI is InChI=1S/2H2O3S.O/c2*1-4(2)3;/h2*(H2,1,2,3);/q;;+2/p-2. The van der Waals surface area contributed by atoms with Crippen LogP contribution in [0.25, 0.3) is 0 Å². The van der Waals surface area contributed by atoms with E-state index >= 15 is 0 Å². The number of hydrogen-bond donors (Lipinski definition) is 2. The fourth-order valence-corrected chi connectivity index (χ4v) is 0. The van der Waals surface area contributed by atoms with Crippen LogP contribution >= 0.6 is 0 Å². The van der Waals surface area contributed by atoms with E-state index in [0.717, 1.165) is 0 Å². The minimum absolute atomic E-state index is 0. The molecule has 0 aromatic heterocycles. The molecule has 0 bridgehead atoms. The van der Waals surface area contributed by atoms with Gasteiger partial charge in [0.05, 0.1) is 22.7 Å². The first-order valence-corrected chi connectivity index (χ1v) is 3.10. The molecule has 0 saturated heterocycles. The second-order valence-electron chi connectivity index (χ2n) is 0.434. The van der Waals surface area contributed by atoms with Crippen LogP contribution in [0.4, 0.5) is 0 Å². The summed E-state index contributed by atoms with van der Waals surface area (Å²) in [5, 5.41) is 0. The molecule has 9 heavy (non-hydrogen) atoms. The molecule has 0 aliphatic heterocycles. The van der Waals surface area contributed by atoms with Crippen LogP contribution in [0, 0.1) is 0 Å². The van der Waals surface area contributed by atoms with Gasteiger partial charge in [-0.2, -0.15) is 0 Å². The monoisotopic (exact) mass is 178 g/mol. The van der Waals surface area contributed by atoms with Gasteiger partial charge in [0.1, 0.15) is 0 Å². The second-order valence-corrected chi connectivity index (χ2v) is 1.30. The lowest BCUT2D eigenvalue weighted by Crippen LogP contribution is -1.75. The molecule has 7 nitrogen and oxygen atoms in total. The van der Waals surface area contributed by atoms with Gasteiger partial charge >= 0.3 is 5.48 Å². The van der Waals surface area contributed by atoms with Gasteiger partial charge < -0.3 is 18.2 Å². The first-order chi connectivity index (χ1) is 3.46. The Kier molecular flexibility index (Phi) is 19.6. The molecule has 2 atom stereocenters. The molecule has 0 spiro atoms. The van der Waals surface area contributed by atoms with Crippen molar-refractivity contribution in [2.24, 2.45) is 0 Å². The van der Waals surface area contributed by atoms with Gasteiger partial charge in [0.25, 0.3) is 0 Å². The van der Waals surface area contributed by atoms with E-state index in [2.05, 4.69) is 0 Å². The highest BCUT2D eigenvalue weighted by atomic mass is 32.2. The lowest BCUT2D eigenvalue weighted by atomic mass is 15.8. The third-order valence-electron chi connectivity index (χ3n) is 0. The molecule has 0 fully saturated rings. The lowest BCUT2D eigenvalue weighted by Gasteiger charge is -1.83. The molecule has 2 unspecified atom stereocenters. The summed E-state index contributed by atoms with van der Waals surface area (Å²) in [6.45, 7) is 0. The summed E-state index contributed by atoms with van der Waals surface area (Å²) in [5.74, 6) is 0. The van der Waals surface area contributed by atoms with Gasteiger partial charge in [0, 0.05) is 0 Å². The Morgan fingerprint density at radius 1 is 1.00 bits per heavy atom. The van der Waals surface area contributed by atoms with E-state index in [9.17, 15) is 0 Å². The molecule has 4 radical (unpaired) electrons. The summed E-state index contributed by atoms with van der Waals surface area (Å²) in [5.41, 5.74) is 0. The molecule has 0 aliphatic carbocycles. The summed E-state index contributed by atoms with van der Waals surface area (Å²) in [6, 6.07) is 0. The van der Waals surface area contributed by atoms with Gasteiger partial charge in [-0.05, 0) is 0 Å². The minimum atomic E-state index is -2.86. The Morgan fingerprint density at radius 2 is 1.00 bits per heavy atom. The highest BCUT2D eigenvalue weighted by Crippen LogP contribution is 1.43. The van der Waals surface area contributed by atoms with Gasteiger partial charge in [0.2, 0.25) is 0 Å². The summed E-state index contributed by atoms with van der Waals surface area (Å²) in [6.07, 6.45) is 0. The zero-order valence-electron chi connectivity index (χ0n) is 3.75. The average molecular weight is 178 g/mol. The summed E-state index contributed by atoms with van der Waals surface area (Å²) >= 11 is -5.72. The average Bonchev–Trinajstić information content (AvgIpc) is 1.25. The molecule has 0 aromatic carbocycles. The van der Waals surface area contributed by atoms with Crippen molar-refractivity contribution in [3.05, 3.63) is 0 Å². The Balaban J connectivity index is -0.0000000720. The van der Waals surface area contributed by atoms with Crippen LogP contribution in [-0.4, -0.2) is 26.6 Å². The first-order valence-electron chi connectivity index (χ1n) is 1.03. The molecule has 9 heteroatoms. The van der Waals surface area contributed by atoms with Crippen molar-refractivity contribution in [1.29, 1.82) is 0 Å². The predicted molar refractivity (Wildman–Crippen MR) is 23.8 cm³/mol. The lowest BCUT2D eigenvalue weighted by molar-refractivity contribution is 0.434. The maximum atomic E-state index is 8.56. The number of rotatable bonds is 0. The van der Waals surface area contributed by atoms with Crippen molar-refractivity contribution >= 4 is 22.7 Å². The largest absolute Gasteiger partial charge is 2.00 e. The van der Waals surface area contributed by atoms with E-state index in [-0.39, 0.29) is 5.48 Å². The van der Waals surface area contributed by atoms with Crippen LogP contribution in [0.3, 0.4) is 0 Å². The van der Waals surface area contributed by atoms with Crippen LogP contribution in [0.2, 0.25) is 0 Å². The van der Waals surface area contributed by atoms with E-state index < -0.39 is 22.7 Å². The second kappa shape index (κ2) is 11.0. The quantitative estimate of drug-likeness (QED) is 0.433. The molecule has 0 amide bonds. The number of hydrogen-bond acceptors (Lipinski definition) is 4. The molecule has 56 valence electrons. The molecule has 0 aliphatic rings. The van der Waals surface area contributed by atoms with E-state index in [1.54, 1.807) is 0 Å². The third-order valence-corrected chi connectivity index (χ3v) is 0. The van der Waals surface area contributed by atoms with Gasteiger partial charge in [-0.25, -0.2) is 8.42 Å². The zero-order chi connectivity index (χ0) is 7.15. The van der Waals surface area contributed by atoms with Gasteiger partial charge in [0.15, 0.2) is 0 Å². The normalized spacial score (nSPS) is 13.8. The molecular weight excluding hydrogens is 176 g/mol. The Hall–Kier alpha value is 0.1000. The van der Waals surface area contributed by atoms with E-state index in [4.69, 9.17) is 26.6 Å². The van der Waals surface area contributed by atoms with Gasteiger partial charge in [-0.1, -0.05) is 0 Å². The SMILES string of the molecule is O=S([O-])O.O=S([O-])O.[O+2]. The van der Waals surface area contributed by atoms with E-state index in [1.807, 2.05) is 0 Å². The van der Waals surface area contributed by atoms with Crippen molar-refractivity contribution in [3.8, 4) is 0 Å². The van der Waals surface area contributed by atoms with E-state index in [1.165, 1.54) is 0 Å². The fourth-order valence-electron chi connectivity index (χ4n) is 0. The highest BCUT2D eigenvalue weighted by Gasteiger charge is 2.00. The van der Waals surface area contributed by atoms with Gasteiger partial charge in [-0.3, -0.25) is 0 Å². The molecular formula is H2O7S2. The Morgan fingerprint density at radius 3 is 1.00 bits per heavy atom. The highest BCUT2D eigenvalue weighted by molar-refractivity contribution is 7.73. The third kappa shape index (κ3) is 30100. The van der Waals surface area contributed by atoms with Crippen LogP contribution in [0.15, 0.2) is 0 Å². The molecule has 2 N–H and O–H groups in total. The predicted octanol–water partition coefficient (Wildman–Crippen LogP) is -1.44. The van der Waals surface area contributed by atoms with E-state index in [0.29, 0.717) is 0 Å². The molecule has 0 rings (SSSR count). The summed E-state index contributed by atoms with van der Waals surface area (Å²) in [7, 11) is 0. The first kappa shape index (κ1) is 16.0. The van der Waals surface area contributed by atoms with Crippen LogP contribution in [0.1, 0.15) is 0 Å². The van der Waals surface area contributed by atoms with Crippen molar-refractivity contribution in [3.63, 3.8) is 0 Å². The fraction of sp³-hybridized carbons (Fsp3) is 0. The van der Waals surface area contributed by atoms with Crippen molar-refractivity contribution in [1.82, 2.24) is 0 Å². The Labute approximate surface area is 55.6 Å². The van der Waals surface area contributed by atoms with Crippen molar-refractivity contribution in [2.75, 3.05) is 0 Å². The van der Waals surface area contributed by atoms with Crippen molar-refractivity contribution < 1.29 is 32.1 Å². The summed E-state index contributed by atoms with van der Waals surface area (Å²) < 4.78 is 48.2.